The van der Waals surface area contributed by atoms with Crippen LogP contribution in [-0.4, -0.2) is 42.0 Å². The van der Waals surface area contributed by atoms with Crippen molar-refractivity contribution in [2.75, 3.05) is 7.11 Å². The van der Waals surface area contributed by atoms with Crippen molar-refractivity contribution in [2.24, 2.45) is 0 Å². The van der Waals surface area contributed by atoms with E-state index in [9.17, 15) is 14.4 Å². The summed E-state index contributed by atoms with van der Waals surface area (Å²) in [6.45, 7) is 3.92. The molecule has 0 spiro atoms. The van der Waals surface area contributed by atoms with Crippen LogP contribution >= 0.6 is 11.6 Å². The molecule has 156 valence electrons. The number of benzene rings is 1. The molecule has 7 nitrogen and oxygen atoms in total. The number of rotatable bonds is 6. The number of halogens is 1. The maximum absolute atomic E-state index is 12.9. The zero-order chi connectivity index (χ0) is 21.1. The largest absolute Gasteiger partial charge is 0.493 e. The molecule has 29 heavy (non-hydrogen) atoms. The molecule has 4 amide bonds. The highest BCUT2D eigenvalue weighted by molar-refractivity contribution is 6.33. The molecule has 0 aromatic heterocycles. The third-order valence-corrected chi connectivity index (χ3v) is 5.56. The Bertz CT molecular complexity index is 861. The zero-order valence-corrected chi connectivity index (χ0v) is 17.5. The minimum atomic E-state index is -0.718. The van der Waals surface area contributed by atoms with Gasteiger partial charge in [-0.05, 0) is 50.0 Å². The van der Waals surface area contributed by atoms with Crippen molar-refractivity contribution >= 4 is 35.5 Å². The van der Waals surface area contributed by atoms with Gasteiger partial charge in [0.05, 0.1) is 18.2 Å². The molecular formula is C21H25ClN2O5. The molecule has 2 aliphatic rings. The molecule has 1 aliphatic heterocycles. The van der Waals surface area contributed by atoms with Gasteiger partial charge in [0.1, 0.15) is 5.57 Å². The molecule has 0 radical (unpaired) electrons. The number of imide groups is 2. The number of methoxy groups -OCH3 is 1. The van der Waals surface area contributed by atoms with Crippen molar-refractivity contribution in [3.8, 4) is 11.5 Å². The van der Waals surface area contributed by atoms with Gasteiger partial charge >= 0.3 is 6.03 Å². The van der Waals surface area contributed by atoms with Crippen LogP contribution in [-0.2, 0) is 9.59 Å². The van der Waals surface area contributed by atoms with Crippen LogP contribution in [0.2, 0.25) is 5.02 Å². The Hall–Kier alpha value is -2.54. The van der Waals surface area contributed by atoms with E-state index in [1.54, 1.807) is 12.1 Å². The molecule has 0 unspecified atom stereocenters. The zero-order valence-electron chi connectivity index (χ0n) is 16.8. The maximum Gasteiger partial charge on any atom is 0.331 e. The lowest BCUT2D eigenvalue weighted by Gasteiger charge is -2.31. The fraction of sp³-hybridized carbons (Fsp3) is 0.476. The highest BCUT2D eigenvalue weighted by Crippen LogP contribution is 2.38. The Labute approximate surface area is 175 Å². The first-order chi connectivity index (χ1) is 13.8. The number of barbiturate groups is 1. The van der Waals surface area contributed by atoms with Gasteiger partial charge in [-0.15, -0.1) is 0 Å². The number of nitrogens with one attached hydrogen (secondary N) is 1. The van der Waals surface area contributed by atoms with Gasteiger partial charge < -0.3 is 9.47 Å². The number of amides is 4. The van der Waals surface area contributed by atoms with Gasteiger partial charge in [0, 0.05) is 6.04 Å². The average Bonchev–Trinajstić information content (AvgIpc) is 3.20. The third-order valence-electron chi connectivity index (χ3n) is 5.28. The normalized spacial score (nSPS) is 20.2. The molecule has 1 atom stereocenters. The van der Waals surface area contributed by atoms with Crippen molar-refractivity contribution in [3.63, 3.8) is 0 Å². The van der Waals surface area contributed by atoms with Gasteiger partial charge in [-0.2, -0.15) is 0 Å². The van der Waals surface area contributed by atoms with Crippen LogP contribution in [0.4, 0.5) is 4.79 Å². The minimum absolute atomic E-state index is 0.0534. The Morgan fingerprint density at radius 3 is 2.59 bits per heavy atom. The fourth-order valence-electron chi connectivity index (χ4n) is 3.55. The highest BCUT2D eigenvalue weighted by Gasteiger charge is 2.40. The molecule has 3 rings (SSSR count). The Morgan fingerprint density at radius 1 is 1.28 bits per heavy atom. The highest BCUT2D eigenvalue weighted by atomic mass is 35.5. The van der Waals surface area contributed by atoms with E-state index in [-0.39, 0.29) is 17.7 Å². The predicted octanol–water partition coefficient (Wildman–Crippen LogP) is 3.93. The fourth-order valence-corrected chi connectivity index (χ4v) is 3.82. The summed E-state index contributed by atoms with van der Waals surface area (Å²) in [5.41, 5.74) is 0.396. The van der Waals surface area contributed by atoms with Crippen LogP contribution in [0.25, 0.3) is 6.08 Å². The molecule has 0 bridgehead atoms. The quantitative estimate of drug-likeness (QED) is 0.556. The van der Waals surface area contributed by atoms with Crippen LogP contribution in [0, 0.1) is 0 Å². The number of ether oxygens (including phenoxy) is 2. The second kappa shape index (κ2) is 8.86. The number of urea groups is 1. The molecule has 2 fully saturated rings. The summed E-state index contributed by atoms with van der Waals surface area (Å²) < 4.78 is 11.2. The van der Waals surface area contributed by atoms with E-state index in [1.807, 2.05) is 13.8 Å². The molecule has 1 N–H and O–H groups in total. The summed E-state index contributed by atoms with van der Waals surface area (Å²) in [5, 5.41) is 2.57. The molecule has 1 aromatic rings. The number of hydrogen-bond acceptors (Lipinski definition) is 5. The van der Waals surface area contributed by atoms with E-state index in [0.29, 0.717) is 22.1 Å². The summed E-state index contributed by atoms with van der Waals surface area (Å²) in [6.07, 6.45) is 5.59. The van der Waals surface area contributed by atoms with Gasteiger partial charge in [0.2, 0.25) is 0 Å². The summed E-state index contributed by atoms with van der Waals surface area (Å²) in [5.74, 6) is -0.491. The lowest BCUT2D eigenvalue weighted by molar-refractivity contribution is -0.131. The molecule has 1 saturated carbocycles. The second-order valence-corrected chi connectivity index (χ2v) is 7.71. The Balaban J connectivity index is 1.95. The van der Waals surface area contributed by atoms with Gasteiger partial charge in [-0.1, -0.05) is 31.4 Å². The van der Waals surface area contributed by atoms with Crippen LogP contribution in [0.3, 0.4) is 0 Å². The molecule has 1 aromatic carbocycles. The summed E-state index contributed by atoms with van der Waals surface area (Å²) in [4.78, 5) is 38.6. The Morgan fingerprint density at radius 2 is 1.97 bits per heavy atom. The van der Waals surface area contributed by atoms with Crippen molar-refractivity contribution in [1.29, 1.82) is 0 Å². The molecule has 1 heterocycles. The van der Waals surface area contributed by atoms with E-state index >= 15 is 0 Å². The minimum Gasteiger partial charge on any atom is -0.493 e. The first-order valence-electron chi connectivity index (χ1n) is 9.80. The topological polar surface area (TPSA) is 84.9 Å². The summed E-state index contributed by atoms with van der Waals surface area (Å²) in [6, 6.07) is 2.42. The first kappa shape index (κ1) is 21.2. The van der Waals surface area contributed by atoms with Crippen molar-refractivity contribution in [2.45, 2.75) is 58.1 Å². The van der Waals surface area contributed by atoms with E-state index in [0.717, 1.165) is 32.1 Å². The number of nitrogens with zero attached hydrogens (tertiary/aromatic N) is 1. The number of hydrogen-bond donors (Lipinski definition) is 1. The van der Waals surface area contributed by atoms with E-state index in [4.69, 9.17) is 21.1 Å². The van der Waals surface area contributed by atoms with Crippen LogP contribution < -0.4 is 14.8 Å². The molecular weight excluding hydrogens is 396 g/mol. The van der Waals surface area contributed by atoms with Crippen LogP contribution in [0.1, 0.15) is 51.5 Å². The first-order valence-corrected chi connectivity index (χ1v) is 10.2. The van der Waals surface area contributed by atoms with E-state index in [2.05, 4.69) is 5.32 Å². The average molecular weight is 421 g/mol. The summed E-state index contributed by atoms with van der Waals surface area (Å²) in [7, 11) is 1.49. The standard InChI is InChI=1S/C21H25ClN2O5/c1-4-12(2)29-18-16(22)10-13(11-17(18)28-3)9-15-19(25)23-21(27)24(20(15)26)14-7-5-6-8-14/h9-12,14H,4-8H2,1-3H3,(H,23,25,27)/b15-9+/t12-/m1/s1. The lowest BCUT2D eigenvalue weighted by atomic mass is 10.0. The lowest BCUT2D eigenvalue weighted by Crippen LogP contribution is -2.57. The SMILES string of the molecule is CC[C@@H](C)Oc1c(Cl)cc(/C=C2\C(=O)NC(=O)N(C3CCCC3)C2=O)cc1OC. The Kier molecular flexibility index (Phi) is 6.47. The molecule has 1 aliphatic carbocycles. The monoisotopic (exact) mass is 420 g/mol. The molecule has 8 heteroatoms. The second-order valence-electron chi connectivity index (χ2n) is 7.30. The number of carbonyl (C=O) groups excluding carboxylic acids is 3. The molecule has 1 saturated heterocycles. The smallest absolute Gasteiger partial charge is 0.331 e. The third kappa shape index (κ3) is 4.40. The van der Waals surface area contributed by atoms with Gasteiger partial charge in [-0.25, -0.2) is 4.79 Å². The van der Waals surface area contributed by atoms with Crippen LogP contribution in [0.5, 0.6) is 11.5 Å². The van der Waals surface area contributed by atoms with Gasteiger partial charge in [0.25, 0.3) is 11.8 Å². The van der Waals surface area contributed by atoms with Crippen LogP contribution in [0.15, 0.2) is 17.7 Å². The van der Waals surface area contributed by atoms with Crippen molar-refractivity contribution in [1.82, 2.24) is 10.2 Å². The van der Waals surface area contributed by atoms with E-state index in [1.165, 1.54) is 18.1 Å². The summed E-state index contributed by atoms with van der Waals surface area (Å²) >= 11 is 6.38. The van der Waals surface area contributed by atoms with E-state index < -0.39 is 17.8 Å². The van der Waals surface area contributed by atoms with Gasteiger partial charge in [-0.3, -0.25) is 19.8 Å². The van der Waals surface area contributed by atoms with Gasteiger partial charge in [0.15, 0.2) is 11.5 Å². The van der Waals surface area contributed by atoms with Crippen molar-refractivity contribution < 1.29 is 23.9 Å². The maximum atomic E-state index is 12.9. The van der Waals surface area contributed by atoms with Crippen molar-refractivity contribution in [3.05, 3.63) is 28.3 Å². The predicted molar refractivity (Wildman–Crippen MR) is 109 cm³/mol. The number of carbonyl (C=O) groups is 3.